The van der Waals surface area contributed by atoms with E-state index in [9.17, 15) is 9.59 Å². The van der Waals surface area contributed by atoms with E-state index in [1.54, 1.807) is 6.92 Å². The number of aliphatic carboxylic acids is 2. The third kappa shape index (κ3) is 8.04. The highest BCUT2D eigenvalue weighted by Gasteiger charge is 2.18. The van der Waals surface area contributed by atoms with Crippen LogP contribution in [0, 0.1) is 5.92 Å². The molecular weight excluding hydrogens is 244 g/mol. The summed E-state index contributed by atoms with van der Waals surface area (Å²) in [5.74, 6) is -0.922. The fourth-order valence-electron chi connectivity index (χ4n) is 1.15. The normalized spacial score (nSPS) is 14.2. The molecule has 0 radical (unpaired) electrons. The molecular formula is C11H20O5S. The lowest BCUT2D eigenvalue weighted by atomic mass is 10.1. The molecule has 0 saturated carbocycles. The van der Waals surface area contributed by atoms with Gasteiger partial charge in [-0.2, -0.15) is 11.8 Å². The Kier molecular flexibility index (Phi) is 8.89. The molecule has 0 spiro atoms. The van der Waals surface area contributed by atoms with E-state index in [4.69, 9.17) is 14.9 Å². The molecule has 0 aliphatic carbocycles. The maximum Gasteiger partial charge on any atom is 0.333 e. The third-order valence-electron chi connectivity index (χ3n) is 2.27. The molecule has 0 aromatic rings. The first-order chi connectivity index (χ1) is 7.99. The van der Waals surface area contributed by atoms with Crippen LogP contribution in [0.2, 0.25) is 0 Å². The molecule has 100 valence electrons. The van der Waals surface area contributed by atoms with E-state index in [1.807, 2.05) is 6.92 Å². The van der Waals surface area contributed by atoms with Gasteiger partial charge in [0.1, 0.15) is 0 Å². The van der Waals surface area contributed by atoms with E-state index >= 15 is 0 Å². The number of carbonyl (C=O) groups is 2. The Morgan fingerprint density at radius 3 is 2.41 bits per heavy atom. The van der Waals surface area contributed by atoms with Crippen LogP contribution in [0.1, 0.15) is 26.7 Å². The van der Waals surface area contributed by atoms with Gasteiger partial charge in [0.25, 0.3) is 0 Å². The number of carboxylic acid groups (broad SMARTS) is 2. The van der Waals surface area contributed by atoms with Crippen molar-refractivity contribution in [1.82, 2.24) is 0 Å². The SMILES string of the molecule is CCSCC(OCCCC(C)C(=O)O)C(=O)O. The number of hydrogen-bond donors (Lipinski definition) is 2. The van der Waals surface area contributed by atoms with Gasteiger partial charge in [0.15, 0.2) is 6.10 Å². The van der Waals surface area contributed by atoms with Gasteiger partial charge < -0.3 is 14.9 Å². The molecule has 0 bridgehead atoms. The Bertz CT molecular complexity index is 244. The van der Waals surface area contributed by atoms with Gasteiger partial charge in [0.2, 0.25) is 0 Å². The zero-order valence-corrected chi connectivity index (χ0v) is 11.0. The maximum atomic E-state index is 10.8. The quantitative estimate of drug-likeness (QED) is 0.584. The minimum absolute atomic E-state index is 0.291. The molecule has 0 fully saturated rings. The minimum Gasteiger partial charge on any atom is -0.481 e. The van der Waals surface area contributed by atoms with Gasteiger partial charge in [-0.25, -0.2) is 4.79 Å². The lowest BCUT2D eigenvalue weighted by Crippen LogP contribution is -2.27. The Balaban J connectivity index is 3.75. The lowest BCUT2D eigenvalue weighted by Gasteiger charge is -2.13. The molecule has 5 nitrogen and oxygen atoms in total. The maximum absolute atomic E-state index is 10.8. The van der Waals surface area contributed by atoms with E-state index in [0.717, 1.165) is 5.75 Å². The largest absolute Gasteiger partial charge is 0.481 e. The average Bonchev–Trinajstić information content (AvgIpc) is 2.27. The first-order valence-electron chi connectivity index (χ1n) is 5.64. The van der Waals surface area contributed by atoms with Gasteiger partial charge in [-0.15, -0.1) is 0 Å². The predicted octanol–water partition coefficient (Wildman–Crippen LogP) is 1.71. The van der Waals surface area contributed by atoms with Crippen LogP contribution in [0.25, 0.3) is 0 Å². The van der Waals surface area contributed by atoms with E-state index < -0.39 is 24.0 Å². The molecule has 2 N–H and O–H groups in total. The summed E-state index contributed by atoms with van der Waals surface area (Å²) in [6, 6.07) is 0. The summed E-state index contributed by atoms with van der Waals surface area (Å²) in [6.45, 7) is 3.88. The number of rotatable bonds is 10. The number of ether oxygens (including phenoxy) is 1. The molecule has 2 atom stereocenters. The zero-order chi connectivity index (χ0) is 13.3. The Morgan fingerprint density at radius 1 is 1.29 bits per heavy atom. The van der Waals surface area contributed by atoms with E-state index in [0.29, 0.717) is 25.2 Å². The predicted molar refractivity (Wildman–Crippen MR) is 66.4 cm³/mol. The van der Waals surface area contributed by atoms with Crippen LogP contribution >= 0.6 is 11.8 Å². The highest BCUT2D eigenvalue weighted by atomic mass is 32.2. The van der Waals surface area contributed by atoms with E-state index in [2.05, 4.69) is 0 Å². The second kappa shape index (κ2) is 9.30. The van der Waals surface area contributed by atoms with Crippen LogP contribution in [-0.2, 0) is 14.3 Å². The van der Waals surface area contributed by atoms with Crippen molar-refractivity contribution >= 4 is 23.7 Å². The molecule has 0 saturated heterocycles. The summed E-state index contributed by atoms with van der Waals surface area (Å²) in [5, 5.41) is 17.5. The van der Waals surface area contributed by atoms with Crippen molar-refractivity contribution in [2.45, 2.75) is 32.8 Å². The molecule has 0 aromatic heterocycles. The molecule has 0 amide bonds. The van der Waals surface area contributed by atoms with E-state index in [-0.39, 0.29) is 0 Å². The van der Waals surface area contributed by atoms with Crippen LogP contribution in [0.15, 0.2) is 0 Å². The number of carboxylic acids is 2. The molecule has 6 heteroatoms. The molecule has 0 aromatic carbocycles. The Hall–Kier alpha value is -0.750. The van der Waals surface area contributed by atoms with Crippen molar-refractivity contribution in [3.63, 3.8) is 0 Å². The van der Waals surface area contributed by atoms with Crippen molar-refractivity contribution in [2.75, 3.05) is 18.1 Å². The van der Waals surface area contributed by atoms with Crippen molar-refractivity contribution in [3.05, 3.63) is 0 Å². The second-order valence-electron chi connectivity index (χ2n) is 3.74. The fraction of sp³-hybridized carbons (Fsp3) is 0.818. The van der Waals surface area contributed by atoms with Gasteiger partial charge in [0, 0.05) is 12.4 Å². The summed E-state index contributed by atoms with van der Waals surface area (Å²) in [6.07, 6.45) is 0.275. The summed E-state index contributed by atoms with van der Waals surface area (Å²) in [7, 11) is 0. The lowest BCUT2D eigenvalue weighted by molar-refractivity contribution is -0.149. The zero-order valence-electron chi connectivity index (χ0n) is 10.2. The van der Waals surface area contributed by atoms with Gasteiger partial charge in [0.05, 0.1) is 5.92 Å². The monoisotopic (exact) mass is 264 g/mol. The first kappa shape index (κ1) is 16.2. The van der Waals surface area contributed by atoms with Crippen molar-refractivity contribution < 1.29 is 24.5 Å². The molecule has 2 unspecified atom stereocenters. The Morgan fingerprint density at radius 2 is 1.94 bits per heavy atom. The van der Waals surface area contributed by atoms with Crippen molar-refractivity contribution in [2.24, 2.45) is 5.92 Å². The van der Waals surface area contributed by atoms with Gasteiger partial charge >= 0.3 is 11.9 Å². The summed E-state index contributed by atoms with van der Waals surface area (Å²) < 4.78 is 5.22. The number of hydrogen-bond acceptors (Lipinski definition) is 4. The summed E-state index contributed by atoms with van der Waals surface area (Å²) in [4.78, 5) is 21.3. The van der Waals surface area contributed by atoms with Gasteiger partial charge in [-0.3, -0.25) is 4.79 Å². The van der Waals surface area contributed by atoms with Crippen molar-refractivity contribution in [3.8, 4) is 0 Å². The van der Waals surface area contributed by atoms with Gasteiger partial charge in [-0.05, 0) is 18.6 Å². The number of thioether (sulfide) groups is 1. The van der Waals surface area contributed by atoms with Crippen molar-refractivity contribution in [1.29, 1.82) is 0 Å². The average molecular weight is 264 g/mol. The highest BCUT2D eigenvalue weighted by molar-refractivity contribution is 7.99. The van der Waals surface area contributed by atoms with Crippen LogP contribution in [0.4, 0.5) is 0 Å². The van der Waals surface area contributed by atoms with E-state index in [1.165, 1.54) is 11.8 Å². The topological polar surface area (TPSA) is 83.8 Å². The first-order valence-corrected chi connectivity index (χ1v) is 6.79. The highest BCUT2D eigenvalue weighted by Crippen LogP contribution is 2.09. The summed E-state index contributed by atoms with van der Waals surface area (Å²) >= 11 is 1.51. The van der Waals surface area contributed by atoms with Crippen LogP contribution in [0.3, 0.4) is 0 Å². The molecule has 0 heterocycles. The fourth-order valence-corrected chi connectivity index (χ4v) is 1.84. The molecule has 0 aliphatic rings. The molecule has 0 rings (SSSR count). The van der Waals surface area contributed by atoms with Crippen LogP contribution in [-0.4, -0.2) is 46.4 Å². The van der Waals surface area contributed by atoms with Crippen LogP contribution in [0.5, 0.6) is 0 Å². The van der Waals surface area contributed by atoms with Crippen LogP contribution < -0.4 is 0 Å². The van der Waals surface area contributed by atoms with Gasteiger partial charge in [-0.1, -0.05) is 13.8 Å². The standard InChI is InChI=1S/C11H20O5S/c1-3-17-7-9(11(14)15)16-6-4-5-8(2)10(12)13/h8-9H,3-7H2,1-2H3,(H,12,13)(H,14,15). The third-order valence-corrected chi connectivity index (χ3v) is 3.22. The molecule has 17 heavy (non-hydrogen) atoms. The summed E-state index contributed by atoms with van der Waals surface area (Å²) in [5.41, 5.74) is 0. The Labute approximate surface area is 106 Å². The smallest absolute Gasteiger partial charge is 0.333 e. The second-order valence-corrected chi connectivity index (χ2v) is 5.06. The minimum atomic E-state index is -0.961. The molecule has 0 aliphatic heterocycles.